The standard InChI is InChI=1S/C12H14ClO2/c1-2-7-12(14-8-9-15-12)10-3-5-11(13)6-4-10/h2-6H,7-9H2,1H3. The first-order valence-electron chi connectivity index (χ1n) is 5.09. The van der Waals surface area contributed by atoms with Crippen LogP contribution in [0.25, 0.3) is 0 Å². The van der Waals surface area contributed by atoms with E-state index in [4.69, 9.17) is 21.1 Å². The lowest BCUT2D eigenvalue weighted by Crippen LogP contribution is -2.26. The third-order valence-electron chi connectivity index (χ3n) is 2.51. The summed E-state index contributed by atoms with van der Waals surface area (Å²) < 4.78 is 11.4. The summed E-state index contributed by atoms with van der Waals surface area (Å²) >= 11 is 5.85. The highest BCUT2D eigenvalue weighted by Crippen LogP contribution is 2.35. The highest BCUT2D eigenvalue weighted by atomic mass is 35.5. The monoisotopic (exact) mass is 225 g/mol. The Morgan fingerprint density at radius 1 is 1.27 bits per heavy atom. The molecule has 2 rings (SSSR count). The molecule has 1 aliphatic heterocycles. The van der Waals surface area contributed by atoms with Crippen molar-refractivity contribution in [3.63, 3.8) is 0 Å². The molecule has 1 aromatic rings. The fourth-order valence-corrected chi connectivity index (χ4v) is 1.96. The number of ether oxygens (including phenoxy) is 2. The van der Waals surface area contributed by atoms with E-state index in [0.29, 0.717) is 13.2 Å². The van der Waals surface area contributed by atoms with E-state index in [9.17, 15) is 0 Å². The van der Waals surface area contributed by atoms with Crippen LogP contribution in [0.2, 0.25) is 5.02 Å². The van der Waals surface area contributed by atoms with Crippen molar-refractivity contribution in [2.75, 3.05) is 13.2 Å². The average Bonchev–Trinajstić information content (AvgIpc) is 2.69. The average molecular weight is 226 g/mol. The van der Waals surface area contributed by atoms with Crippen LogP contribution in [-0.2, 0) is 15.3 Å². The van der Waals surface area contributed by atoms with Crippen molar-refractivity contribution < 1.29 is 9.47 Å². The molecule has 0 unspecified atom stereocenters. The van der Waals surface area contributed by atoms with Gasteiger partial charge < -0.3 is 9.47 Å². The third kappa shape index (κ3) is 2.17. The SMILES string of the molecule is C[CH]CC1(c2ccc(Cl)cc2)OCCO1. The van der Waals surface area contributed by atoms with Gasteiger partial charge in [-0.15, -0.1) is 0 Å². The minimum atomic E-state index is -0.584. The zero-order chi connectivity index (χ0) is 10.7. The fraction of sp³-hybridized carbons (Fsp3) is 0.417. The lowest BCUT2D eigenvalue weighted by molar-refractivity contribution is -0.165. The Balaban J connectivity index is 2.28. The molecule has 15 heavy (non-hydrogen) atoms. The van der Waals surface area contributed by atoms with E-state index in [-0.39, 0.29) is 0 Å². The van der Waals surface area contributed by atoms with E-state index in [1.54, 1.807) is 0 Å². The van der Waals surface area contributed by atoms with Gasteiger partial charge in [0.05, 0.1) is 13.2 Å². The second-order valence-electron chi connectivity index (χ2n) is 3.57. The lowest BCUT2D eigenvalue weighted by atomic mass is 10.0. The van der Waals surface area contributed by atoms with Crippen LogP contribution in [0.15, 0.2) is 24.3 Å². The van der Waals surface area contributed by atoms with Gasteiger partial charge in [0.2, 0.25) is 0 Å². The molecule has 0 bridgehead atoms. The van der Waals surface area contributed by atoms with Gasteiger partial charge in [-0.3, -0.25) is 0 Å². The minimum absolute atomic E-state index is 0.584. The molecule has 0 amide bonds. The second-order valence-corrected chi connectivity index (χ2v) is 4.01. The van der Waals surface area contributed by atoms with Gasteiger partial charge in [-0.2, -0.15) is 0 Å². The second kappa shape index (κ2) is 4.52. The van der Waals surface area contributed by atoms with Gasteiger partial charge in [-0.25, -0.2) is 0 Å². The van der Waals surface area contributed by atoms with Crippen LogP contribution < -0.4 is 0 Å². The van der Waals surface area contributed by atoms with Crippen molar-refractivity contribution in [3.05, 3.63) is 41.3 Å². The smallest absolute Gasteiger partial charge is 0.195 e. The Morgan fingerprint density at radius 2 is 1.87 bits per heavy atom. The van der Waals surface area contributed by atoms with Gasteiger partial charge in [0, 0.05) is 17.0 Å². The molecule has 1 radical (unpaired) electrons. The number of hydrogen-bond acceptors (Lipinski definition) is 2. The highest BCUT2D eigenvalue weighted by Gasteiger charge is 2.37. The van der Waals surface area contributed by atoms with Gasteiger partial charge in [0.25, 0.3) is 0 Å². The molecule has 0 atom stereocenters. The van der Waals surface area contributed by atoms with Gasteiger partial charge in [-0.05, 0) is 18.6 Å². The summed E-state index contributed by atoms with van der Waals surface area (Å²) in [6.45, 7) is 3.30. The van der Waals surface area contributed by atoms with Crippen LogP contribution in [0, 0.1) is 6.42 Å². The molecule has 0 aromatic heterocycles. The molecule has 2 nitrogen and oxygen atoms in total. The molecule has 0 spiro atoms. The number of halogens is 1. The van der Waals surface area contributed by atoms with E-state index in [1.165, 1.54) is 0 Å². The first kappa shape index (κ1) is 10.9. The van der Waals surface area contributed by atoms with Crippen LogP contribution in [0.3, 0.4) is 0 Å². The number of benzene rings is 1. The Bertz CT molecular complexity index is 315. The van der Waals surface area contributed by atoms with E-state index < -0.39 is 5.79 Å². The Hall–Kier alpha value is -0.570. The Labute approximate surface area is 95.1 Å². The summed E-state index contributed by atoms with van der Waals surface area (Å²) in [5.74, 6) is -0.584. The van der Waals surface area contributed by atoms with Crippen molar-refractivity contribution in [3.8, 4) is 0 Å². The first-order chi connectivity index (χ1) is 7.27. The van der Waals surface area contributed by atoms with E-state index in [2.05, 4.69) is 6.42 Å². The van der Waals surface area contributed by atoms with Gasteiger partial charge in [-0.1, -0.05) is 30.7 Å². The molecule has 1 aromatic carbocycles. The Kier molecular flexibility index (Phi) is 3.29. The molecule has 3 heteroatoms. The lowest BCUT2D eigenvalue weighted by Gasteiger charge is -2.27. The van der Waals surface area contributed by atoms with Crippen LogP contribution >= 0.6 is 11.6 Å². The summed E-state index contributed by atoms with van der Waals surface area (Å²) in [5, 5.41) is 0.729. The minimum Gasteiger partial charge on any atom is -0.343 e. The molecule has 81 valence electrons. The van der Waals surface area contributed by atoms with Crippen LogP contribution in [-0.4, -0.2) is 13.2 Å². The molecule has 1 fully saturated rings. The largest absolute Gasteiger partial charge is 0.343 e. The van der Waals surface area contributed by atoms with Crippen molar-refractivity contribution in [2.24, 2.45) is 0 Å². The normalized spacial score (nSPS) is 19.3. The summed E-state index contributed by atoms with van der Waals surface area (Å²) in [6.07, 6.45) is 2.81. The maximum atomic E-state index is 5.85. The van der Waals surface area contributed by atoms with Crippen LogP contribution in [0.4, 0.5) is 0 Å². The molecule has 1 aliphatic rings. The summed E-state index contributed by atoms with van der Waals surface area (Å²) in [6, 6.07) is 7.63. The van der Waals surface area contributed by atoms with Gasteiger partial charge in [0.1, 0.15) is 0 Å². The summed E-state index contributed by atoms with van der Waals surface area (Å²) in [4.78, 5) is 0. The van der Waals surface area contributed by atoms with Gasteiger partial charge in [0.15, 0.2) is 5.79 Å². The number of rotatable bonds is 3. The van der Waals surface area contributed by atoms with Gasteiger partial charge >= 0.3 is 0 Å². The molecule has 0 N–H and O–H groups in total. The quantitative estimate of drug-likeness (QED) is 0.787. The molecule has 1 saturated heterocycles. The third-order valence-corrected chi connectivity index (χ3v) is 2.76. The molecular weight excluding hydrogens is 212 g/mol. The predicted molar refractivity (Wildman–Crippen MR) is 59.6 cm³/mol. The summed E-state index contributed by atoms with van der Waals surface area (Å²) in [5.41, 5.74) is 1.03. The van der Waals surface area contributed by atoms with Crippen molar-refractivity contribution >= 4 is 11.6 Å². The maximum absolute atomic E-state index is 5.85. The number of hydrogen-bond donors (Lipinski definition) is 0. The fourth-order valence-electron chi connectivity index (χ4n) is 1.83. The molecular formula is C12H14ClO2. The topological polar surface area (TPSA) is 18.5 Å². The zero-order valence-corrected chi connectivity index (χ0v) is 9.46. The van der Waals surface area contributed by atoms with Crippen LogP contribution in [0.5, 0.6) is 0 Å². The van der Waals surface area contributed by atoms with Crippen molar-refractivity contribution in [2.45, 2.75) is 19.1 Å². The molecule has 1 heterocycles. The molecule has 0 saturated carbocycles. The van der Waals surface area contributed by atoms with Crippen molar-refractivity contribution in [1.29, 1.82) is 0 Å². The van der Waals surface area contributed by atoms with E-state index in [0.717, 1.165) is 17.0 Å². The molecule has 0 aliphatic carbocycles. The van der Waals surface area contributed by atoms with Crippen LogP contribution in [0.1, 0.15) is 18.9 Å². The van der Waals surface area contributed by atoms with E-state index in [1.807, 2.05) is 31.2 Å². The summed E-state index contributed by atoms with van der Waals surface area (Å²) in [7, 11) is 0. The van der Waals surface area contributed by atoms with E-state index >= 15 is 0 Å². The zero-order valence-electron chi connectivity index (χ0n) is 8.70. The first-order valence-corrected chi connectivity index (χ1v) is 5.46. The predicted octanol–water partition coefficient (Wildman–Crippen LogP) is 3.15. The van der Waals surface area contributed by atoms with Crippen molar-refractivity contribution in [1.82, 2.24) is 0 Å². The highest BCUT2D eigenvalue weighted by molar-refractivity contribution is 6.30. The maximum Gasteiger partial charge on any atom is 0.195 e. The Morgan fingerprint density at radius 3 is 2.40 bits per heavy atom.